The minimum Gasteiger partial charge on any atom is -0.373 e. The zero-order valence-electron chi connectivity index (χ0n) is 8.69. The second kappa shape index (κ2) is 4.77. The highest BCUT2D eigenvalue weighted by molar-refractivity contribution is 6.30. The van der Waals surface area contributed by atoms with Gasteiger partial charge in [-0.15, -0.1) is 0 Å². The van der Waals surface area contributed by atoms with Gasteiger partial charge in [0.2, 0.25) is 0 Å². The molecule has 0 radical (unpaired) electrons. The smallest absolute Gasteiger partial charge is 0.0832 e. The van der Waals surface area contributed by atoms with E-state index in [0.717, 1.165) is 18.1 Å². The monoisotopic (exact) mass is 223 g/mol. The maximum atomic E-state index is 5.83. The number of hydrogen-bond acceptors (Lipinski definition) is 2. The van der Waals surface area contributed by atoms with Crippen LogP contribution >= 0.6 is 11.6 Å². The summed E-state index contributed by atoms with van der Waals surface area (Å²) in [7, 11) is 1.80. The number of ether oxygens (including phenoxy) is 1. The zero-order chi connectivity index (χ0) is 10.7. The lowest BCUT2D eigenvalue weighted by Gasteiger charge is -2.08. The summed E-state index contributed by atoms with van der Waals surface area (Å²) in [5.41, 5.74) is 1.20. The average Bonchev–Trinajstić information content (AvgIpc) is 2.68. The van der Waals surface area contributed by atoms with Crippen LogP contribution in [0, 0.1) is 5.92 Å². The van der Waals surface area contributed by atoms with Gasteiger partial charge in [-0.1, -0.05) is 23.7 Å². The molecule has 0 aliphatic carbocycles. The van der Waals surface area contributed by atoms with E-state index in [2.05, 4.69) is 4.99 Å². The van der Waals surface area contributed by atoms with Crippen molar-refractivity contribution < 1.29 is 4.74 Å². The first-order chi connectivity index (χ1) is 7.29. The van der Waals surface area contributed by atoms with Crippen molar-refractivity contribution in [3.8, 4) is 0 Å². The fraction of sp³-hybridized carbons (Fsp3) is 0.417. The Bertz CT molecular complexity index is 347. The molecule has 0 N–H and O–H groups in total. The molecule has 1 aliphatic heterocycles. The summed E-state index contributed by atoms with van der Waals surface area (Å²) >= 11 is 5.83. The molecule has 2 nitrogen and oxygen atoms in total. The quantitative estimate of drug-likeness (QED) is 0.706. The lowest BCUT2D eigenvalue weighted by Crippen LogP contribution is -1.99. The molecule has 2 rings (SSSR count). The van der Waals surface area contributed by atoms with Gasteiger partial charge in [-0.25, -0.2) is 0 Å². The van der Waals surface area contributed by atoms with Crippen LogP contribution in [0.4, 0.5) is 0 Å². The second-order valence-corrected chi connectivity index (χ2v) is 4.21. The summed E-state index contributed by atoms with van der Waals surface area (Å²) in [6.45, 7) is 0.768. The highest BCUT2D eigenvalue weighted by Gasteiger charge is 2.25. The molecule has 0 amide bonds. The van der Waals surface area contributed by atoms with Crippen LogP contribution in [0.25, 0.3) is 0 Å². The van der Waals surface area contributed by atoms with Crippen molar-refractivity contribution in [2.75, 3.05) is 13.7 Å². The van der Waals surface area contributed by atoms with Crippen LogP contribution in [0.5, 0.6) is 0 Å². The molecule has 1 aliphatic rings. The number of nitrogens with zero attached hydrogens (tertiary/aromatic N) is 1. The summed E-state index contributed by atoms with van der Waals surface area (Å²) in [5.74, 6) is 0.454. The molecule has 0 bridgehead atoms. The van der Waals surface area contributed by atoms with E-state index in [1.54, 1.807) is 7.05 Å². The molecule has 15 heavy (non-hydrogen) atoms. The van der Waals surface area contributed by atoms with Crippen molar-refractivity contribution in [1.29, 1.82) is 0 Å². The van der Waals surface area contributed by atoms with Crippen LogP contribution < -0.4 is 0 Å². The van der Waals surface area contributed by atoms with Crippen molar-refractivity contribution in [1.82, 2.24) is 0 Å². The molecule has 1 fully saturated rings. The van der Waals surface area contributed by atoms with Crippen molar-refractivity contribution in [3.63, 3.8) is 0 Å². The van der Waals surface area contributed by atoms with E-state index in [-0.39, 0.29) is 6.10 Å². The summed E-state index contributed by atoms with van der Waals surface area (Å²) in [5, 5.41) is 0.767. The van der Waals surface area contributed by atoms with Gasteiger partial charge in [0.05, 0.1) is 12.7 Å². The Hall–Kier alpha value is -0.860. The van der Waals surface area contributed by atoms with E-state index in [1.807, 2.05) is 30.5 Å². The Morgan fingerprint density at radius 2 is 2.13 bits per heavy atom. The summed E-state index contributed by atoms with van der Waals surface area (Å²) in [4.78, 5) is 4.03. The summed E-state index contributed by atoms with van der Waals surface area (Å²) < 4.78 is 5.71. The second-order valence-electron chi connectivity index (χ2n) is 3.78. The normalized spacial score (nSPS) is 26.3. The molecule has 1 heterocycles. The van der Waals surface area contributed by atoms with E-state index in [1.165, 1.54) is 5.56 Å². The standard InChI is InChI=1S/C12H14ClNO/c1-14-7-9-6-12(15-8-9)10-2-4-11(13)5-3-10/h2-5,7,9,12H,6,8H2,1H3/t9-,12-/m1/s1. The Kier molecular flexibility index (Phi) is 3.39. The first kappa shape index (κ1) is 10.7. The van der Waals surface area contributed by atoms with Gasteiger partial charge >= 0.3 is 0 Å². The number of halogens is 1. The van der Waals surface area contributed by atoms with Crippen molar-refractivity contribution in [3.05, 3.63) is 34.9 Å². The van der Waals surface area contributed by atoms with E-state index in [4.69, 9.17) is 16.3 Å². The van der Waals surface area contributed by atoms with Gasteiger partial charge in [-0.2, -0.15) is 0 Å². The first-order valence-electron chi connectivity index (χ1n) is 5.09. The van der Waals surface area contributed by atoms with E-state index < -0.39 is 0 Å². The Morgan fingerprint density at radius 3 is 2.80 bits per heavy atom. The lowest BCUT2D eigenvalue weighted by atomic mass is 10.0. The molecule has 0 spiro atoms. The predicted octanol–water partition coefficient (Wildman–Crippen LogP) is 3.12. The van der Waals surface area contributed by atoms with Gasteiger partial charge in [-0.05, 0) is 24.1 Å². The van der Waals surface area contributed by atoms with Crippen LogP contribution in [-0.4, -0.2) is 19.9 Å². The predicted molar refractivity (Wildman–Crippen MR) is 62.7 cm³/mol. The fourth-order valence-corrected chi connectivity index (χ4v) is 2.00. The molecule has 0 unspecified atom stereocenters. The van der Waals surface area contributed by atoms with Crippen LogP contribution in [0.2, 0.25) is 5.02 Å². The molecule has 80 valence electrons. The van der Waals surface area contributed by atoms with Gasteiger partial charge < -0.3 is 9.73 Å². The largest absolute Gasteiger partial charge is 0.373 e. The van der Waals surface area contributed by atoms with Crippen LogP contribution in [0.1, 0.15) is 18.1 Å². The Morgan fingerprint density at radius 1 is 1.40 bits per heavy atom. The van der Waals surface area contributed by atoms with Crippen molar-refractivity contribution in [2.45, 2.75) is 12.5 Å². The molecule has 1 aromatic rings. The third-order valence-corrected chi connectivity index (χ3v) is 2.88. The summed E-state index contributed by atoms with van der Waals surface area (Å²) in [6.07, 6.45) is 3.18. The summed E-state index contributed by atoms with van der Waals surface area (Å²) in [6, 6.07) is 7.86. The molecule has 2 atom stereocenters. The lowest BCUT2D eigenvalue weighted by molar-refractivity contribution is 0.110. The van der Waals surface area contributed by atoms with Crippen LogP contribution in [0.15, 0.2) is 29.3 Å². The Balaban J connectivity index is 2.04. The van der Waals surface area contributed by atoms with Crippen molar-refractivity contribution >= 4 is 17.8 Å². The van der Waals surface area contributed by atoms with Crippen LogP contribution in [-0.2, 0) is 4.74 Å². The van der Waals surface area contributed by atoms with Gasteiger partial charge in [0.15, 0.2) is 0 Å². The third kappa shape index (κ3) is 2.58. The minimum absolute atomic E-state index is 0.199. The van der Waals surface area contributed by atoms with E-state index in [9.17, 15) is 0 Å². The molecule has 0 saturated carbocycles. The Labute approximate surface area is 94.9 Å². The highest BCUT2D eigenvalue weighted by atomic mass is 35.5. The SMILES string of the molecule is CN=C[C@@H]1CO[C@@H](c2ccc(Cl)cc2)C1. The van der Waals surface area contributed by atoms with Gasteiger partial charge in [-0.3, -0.25) is 0 Å². The molecule has 3 heteroatoms. The first-order valence-corrected chi connectivity index (χ1v) is 5.46. The number of rotatable bonds is 2. The maximum Gasteiger partial charge on any atom is 0.0832 e. The van der Waals surface area contributed by atoms with Gasteiger partial charge in [0.25, 0.3) is 0 Å². The molecule has 1 aromatic carbocycles. The highest BCUT2D eigenvalue weighted by Crippen LogP contribution is 2.31. The number of benzene rings is 1. The zero-order valence-corrected chi connectivity index (χ0v) is 9.45. The number of aliphatic imine (C=N–C) groups is 1. The van der Waals surface area contributed by atoms with Crippen molar-refractivity contribution in [2.24, 2.45) is 10.9 Å². The maximum absolute atomic E-state index is 5.83. The number of hydrogen-bond donors (Lipinski definition) is 0. The average molecular weight is 224 g/mol. The van der Waals surface area contributed by atoms with Gasteiger partial charge in [0.1, 0.15) is 0 Å². The van der Waals surface area contributed by atoms with Gasteiger partial charge in [0, 0.05) is 24.2 Å². The minimum atomic E-state index is 0.199. The molecule has 0 aromatic heterocycles. The van der Waals surface area contributed by atoms with Crippen LogP contribution in [0.3, 0.4) is 0 Å². The molecule has 1 saturated heterocycles. The topological polar surface area (TPSA) is 21.6 Å². The van der Waals surface area contributed by atoms with E-state index >= 15 is 0 Å². The van der Waals surface area contributed by atoms with E-state index in [0.29, 0.717) is 5.92 Å². The fourth-order valence-electron chi connectivity index (χ4n) is 1.88. The molecular weight excluding hydrogens is 210 g/mol. The third-order valence-electron chi connectivity index (χ3n) is 2.63. The molecular formula is C12H14ClNO.